The number of hydrogen-bond acceptors (Lipinski definition) is 5. The number of fused-ring (bicyclic) bond motifs is 2. The van der Waals surface area contributed by atoms with E-state index in [-0.39, 0.29) is 0 Å². The molecule has 2 aromatic carbocycles. The van der Waals surface area contributed by atoms with E-state index in [1.165, 1.54) is 11.3 Å². The summed E-state index contributed by atoms with van der Waals surface area (Å²) in [6.07, 6.45) is 5.17. The Morgan fingerprint density at radius 3 is 2.65 bits per heavy atom. The molecule has 0 amide bonds. The third-order valence-electron chi connectivity index (χ3n) is 3.45. The Morgan fingerprint density at radius 1 is 1.00 bits per heavy atom. The second-order valence-electron chi connectivity index (χ2n) is 4.96. The van der Waals surface area contributed by atoms with E-state index in [0.29, 0.717) is 5.57 Å². The summed E-state index contributed by atoms with van der Waals surface area (Å²) in [6, 6.07) is 15.9. The molecule has 0 bridgehead atoms. The summed E-state index contributed by atoms with van der Waals surface area (Å²) >= 11 is 1.52. The van der Waals surface area contributed by atoms with Crippen LogP contribution in [-0.2, 0) is 0 Å². The van der Waals surface area contributed by atoms with Gasteiger partial charge < -0.3 is 0 Å². The van der Waals surface area contributed by atoms with Crippen LogP contribution in [0, 0.1) is 11.3 Å². The molecule has 5 heteroatoms. The van der Waals surface area contributed by atoms with Gasteiger partial charge in [-0.25, -0.2) is 4.98 Å². The number of hydrogen-bond donors (Lipinski definition) is 0. The summed E-state index contributed by atoms with van der Waals surface area (Å²) in [5.41, 5.74) is 4.02. The third kappa shape index (κ3) is 2.56. The summed E-state index contributed by atoms with van der Waals surface area (Å²) in [5.74, 6) is 0. The summed E-state index contributed by atoms with van der Waals surface area (Å²) in [7, 11) is 0. The topological polar surface area (TPSA) is 62.5 Å². The second kappa shape index (κ2) is 5.59. The van der Waals surface area contributed by atoms with Crippen LogP contribution < -0.4 is 0 Å². The summed E-state index contributed by atoms with van der Waals surface area (Å²) < 4.78 is 1.08. The van der Waals surface area contributed by atoms with Crippen LogP contribution in [0.1, 0.15) is 10.6 Å². The molecule has 0 saturated heterocycles. The van der Waals surface area contributed by atoms with Gasteiger partial charge in [0.15, 0.2) is 0 Å². The molecule has 0 aliphatic carbocycles. The van der Waals surface area contributed by atoms with Gasteiger partial charge in [0.2, 0.25) is 0 Å². The lowest BCUT2D eigenvalue weighted by molar-refractivity contribution is 1.29. The monoisotopic (exact) mass is 314 g/mol. The van der Waals surface area contributed by atoms with Gasteiger partial charge in [-0.15, -0.1) is 11.3 Å². The van der Waals surface area contributed by atoms with Crippen molar-refractivity contribution in [2.45, 2.75) is 0 Å². The lowest BCUT2D eigenvalue weighted by atomic mass is 10.1. The Kier molecular flexibility index (Phi) is 3.30. The second-order valence-corrected chi connectivity index (χ2v) is 5.99. The van der Waals surface area contributed by atoms with Crippen LogP contribution in [0.3, 0.4) is 0 Å². The third-order valence-corrected chi connectivity index (χ3v) is 4.52. The summed E-state index contributed by atoms with van der Waals surface area (Å²) in [6.45, 7) is 0. The Morgan fingerprint density at radius 2 is 1.83 bits per heavy atom. The van der Waals surface area contributed by atoms with Crippen LogP contribution >= 0.6 is 11.3 Å². The Bertz CT molecular complexity index is 1060. The van der Waals surface area contributed by atoms with E-state index >= 15 is 0 Å². The normalized spacial score (nSPS) is 11.7. The highest BCUT2D eigenvalue weighted by atomic mass is 32.1. The zero-order valence-electron chi connectivity index (χ0n) is 12.0. The fourth-order valence-electron chi connectivity index (χ4n) is 2.37. The van der Waals surface area contributed by atoms with Crippen LogP contribution in [0.5, 0.6) is 0 Å². The van der Waals surface area contributed by atoms with E-state index in [4.69, 9.17) is 0 Å². The first-order chi connectivity index (χ1) is 11.3. The van der Waals surface area contributed by atoms with Gasteiger partial charge in [0.25, 0.3) is 0 Å². The number of thiazole rings is 1. The molecule has 2 heterocycles. The first-order valence-corrected chi connectivity index (χ1v) is 7.84. The van der Waals surface area contributed by atoms with Crippen molar-refractivity contribution in [3.8, 4) is 6.07 Å². The van der Waals surface area contributed by atoms with Gasteiger partial charge in [0.1, 0.15) is 11.1 Å². The Hall–Kier alpha value is -3.10. The van der Waals surface area contributed by atoms with Crippen molar-refractivity contribution in [3.05, 3.63) is 65.4 Å². The molecule has 4 nitrogen and oxygen atoms in total. The van der Waals surface area contributed by atoms with Crippen molar-refractivity contribution < 1.29 is 0 Å². The predicted molar refractivity (Wildman–Crippen MR) is 92.6 cm³/mol. The maximum Gasteiger partial charge on any atom is 0.135 e. The van der Waals surface area contributed by atoms with Crippen LogP contribution in [0.15, 0.2) is 54.9 Å². The van der Waals surface area contributed by atoms with E-state index in [0.717, 1.165) is 31.8 Å². The molecule has 0 fully saturated rings. The number of nitrogens with zero attached hydrogens (tertiary/aromatic N) is 4. The SMILES string of the molecule is N#CC(=Cc1ccc2nccnc2c1)c1nc2ccccc2s1. The van der Waals surface area contributed by atoms with E-state index in [9.17, 15) is 5.26 Å². The minimum Gasteiger partial charge on any atom is -0.253 e. The summed E-state index contributed by atoms with van der Waals surface area (Å²) in [5, 5.41) is 10.2. The smallest absolute Gasteiger partial charge is 0.135 e. The Balaban J connectivity index is 1.81. The first-order valence-electron chi connectivity index (χ1n) is 7.02. The molecule has 0 radical (unpaired) electrons. The van der Waals surface area contributed by atoms with E-state index in [1.807, 2.05) is 48.5 Å². The molecule has 0 unspecified atom stereocenters. The lowest BCUT2D eigenvalue weighted by Gasteiger charge is -1.98. The molecule has 23 heavy (non-hydrogen) atoms. The van der Waals surface area contributed by atoms with Crippen LogP contribution in [0.4, 0.5) is 0 Å². The lowest BCUT2D eigenvalue weighted by Crippen LogP contribution is -1.84. The van der Waals surface area contributed by atoms with Gasteiger partial charge in [-0.3, -0.25) is 9.97 Å². The van der Waals surface area contributed by atoms with Gasteiger partial charge in [-0.1, -0.05) is 18.2 Å². The molecule has 108 valence electrons. The average Bonchev–Trinajstić information content (AvgIpc) is 3.03. The molecule has 0 spiro atoms. The molecule has 4 rings (SSSR count). The minimum absolute atomic E-state index is 0.550. The highest BCUT2D eigenvalue weighted by Crippen LogP contribution is 2.28. The molecule has 0 N–H and O–H groups in total. The number of benzene rings is 2. The number of nitriles is 1. The first kappa shape index (κ1) is 13.6. The van der Waals surface area contributed by atoms with Gasteiger partial charge in [0.05, 0.1) is 26.8 Å². The Labute approximate surface area is 136 Å². The standard InChI is InChI=1S/C18H10N4S/c19-11-13(18-22-15-3-1-2-4-17(15)23-18)9-12-5-6-14-16(10-12)21-8-7-20-14/h1-10H. The fraction of sp³-hybridized carbons (Fsp3) is 0. The van der Waals surface area contributed by atoms with Crippen molar-refractivity contribution >= 4 is 44.2 Å². The van der Waals surface area contributed by atoms with Crippen LogP contribution in [0.2, 0.25) is 0 Å². The van der Waals surface area contributed by atoms with Crippen LogP contribution in [0.25, 0.3) is 32.9 Å². The number of allylic oxidation sites excluding steroid dienone is 1. The molecule has 0 atom stereocenters. The summed E-state index contributed by atoms with van der Waals surface area (Å²) in [4.78, 5) is 13.1. The number of rotatable bonds is 2. The zero-order chi connectivity index (χ0) is 15.6. The fourth-order valence-corrected chi connectivity index (χ4v) is 3.30. The maximum atomic E-state index is 9.50. The molecule has 2 aromatic heterocycles. The van der Waals surface area contributed by atoms with Gasteiger partial charge in [0, 0.05) is 12.4 Å². The van der Waals surface area contributed by atoms with Crippen LogP contribution in [-0.4, -0.2) is 15.0 Å². The van der Waals surface area contributed by atoms with Gasteiger partial charge in [-0.2, -0.15) is 5.26 Å². The highest BCUT2D eigenvalue weighted by Gasteiger charge is 2.08. The van der Waals surface area contributed by atoms with Crippen molar-refractivity contribution in [2.24, 2.45) is 0 Å². The minimum atomic E-state index is 0.550. The van der Waals surface area contributed by atoms with Gasteiger partial charge >= 0.3 is 0 Å². The van der Waals surface area contributed by atoms with Crippen molar-refractivity contribution in [1.82, 2.24) is 15.0 Å². The predicted octanol–water partition coefficient (Wildman–Crippen LogP) is 4.30. The van der Waals surface area contributed by atoms with E-state index in [1.54, 1.807) is 12.4 Å². The molecular weight excluding hydrogens is 304 g/mol. The van der Waals surface area contributed by atoms with E-state index in [2.05, 4.69) is 21.0 Å². The largest absolute Gasteiger partial charge is 0.253 e. The number of aromatic nitrogens is 3. The zero-order valence-corrected chi connectivity index (χ0v) is 12.8. The van der Waals surface area contributed by atoms with Crippen molar-refractivity contribution in [1.29, 1.82) is 5.26 Å². The van der Waals surface area contributed by atoms with Crippen molar-refractivity contribution in [3.63, 3.8) is 0 Å². The molecule has 0 aliphatic heterocycles. The van der Waals surface area contributed by atoms with E-state index < -0.39 is 0 Å². The highest BCUT2D eigenvalue weighted by molar-refractivity contribution is 7.19. The number of para-hydroxylation sites is 1. The molecule has 0 saturated carbocycles. The molecular formula is C18H10N4S. The maximum absolute atomic E-state index is 9.50. The van der Waals surface area contributed by atoms with Crippen molar-refractivity contribution in [2.75, 3.05) is 0 Å². The quantitative estimate of drug-likeness (QED) is 0.517. The molecule has 0 aliphatic rings. The molecule has 4 aromatic rings. The average molecular weight is 314 g/mol. The van der Waals surface area contributed by atoms with Gasteiger partial charge in [-0.05, 0) is 35.9 Å².